The Balaban J connectivity index is 2.24. The van der Waals surface area contributed by atoms with Gasteiger partial charge in [-0.25, -0.2) is 4.79 Å². The van der Waals surface area contributed by atoms with Gasteiger partial charge in [0.1, 0.15) is 5.60 Å². The molecule has 0 N–H and O–H groups in total. The third-order valence-corrected chi connectivity index (χ3v) is 3.40. The first-order valence-electron chi connectivity index (χ1n) is 5.95. The van der Waals surface area contributed by atoms with Gasteiger partial charge in [0.25, 0.3) is 0 Å². The zero-order valence-electron chi connectivity index (χ0n) is 10.8. The minimum atomic E-state index is -0.509. The molecule has 1 aliphatic rings. The summed E-state index contributed by atoms with van der Waals surface area (Å²) in [6.07, 6.45) is 1.19. The van der Waals surface area contributed by atoms with Crippen molar-refractivity contribution in [2.24, 2.45) is 4.99 Å². The molecule has 0 atom stereocenters. The molecule has 1 amide bonds. The summed E-state index contributed by atoms with van der Waals surface area (Å²) in [6, 6.07) is 5.96. The van der Waals surface area contributed by atoms with E-state index in [-0.39, 0.29) is 0 Å². The SMILES string of the molecule is CC(C)(C)OC(=O)/N=C1/CCc2c(Br)cccc21. The molecular weight excluding hydrogens is 294 g/mol. The second-order valence-electron chi connectivity index (χ2n) is 5.30. The molecule has 0 aromatic heterocycles. The summed E-state index contributed by atoms with van der Waals surface area (Å²) in [5.41, 5.74) is 2.59. The molecule has 4 heteroatoms. The monoisotopic (exact) mass is 309 g/mol. The van der Waals surface area contributed by atoms with Crippen molar-refractivity contribution < 1.29 is 9.53 Å². The van der Waals surface area contributed by atoms with Crippen LogP contribution in [0.1, 0.15) is 38.3 Å². The first-order valence-corrected chi connectivity index (χ1v) is 6.74. The van der Waals surface area contributed by atoms with Crippen molar-refractivity contribution in [3.05, 3.63) is 33.8 Å². The average Bonchev–Trinajstić information content (AvgIpc) is 2.60. The summed E-state index contributed by atoms with van der Waals surface area (Å²) in [5.74, 6) is 0. The normalized spacial score (nSPS) is 16.8. The number of fused-ring (bicyclic) bond motifs is 1. The summed E-state index contributed by atoms with van der Waals surface area (Å²) in [4.78, 5) is 15.8. The molecule has 0 spiro atoms. The zero-order chi connectivity index (χ0) is 13.3. The first-order chi connectivity index (χ1) is 8.37. The van der Waals surface area contributed by atoms with E-state index in [4.69, 9.17) is 4.74 Å². The highest BCUT2D eigenvalue weighted by atomic mass is 79.9. The lowest BCUT2D eigenvalue weighted by atomic mass is 10.1. The lowest BCUT2D eigenvalue weighted by molar-refractivity contribution is 0.0604. The number of carbonyl (C=O) groups excluding carboxylic acids is 1. The van der Waals surface area contributed by atoms with Crippen LogP contribution in [0.2, 0.25) is 0 Å². The third kappa shape index (κ3) is 2.99. The molecule has 0 saturated heterocycles. The van der Waals surface area contributed by atoms with Gasteiger partial charge in [0.05, 0.1) is 5.71 Å². The summed E-state index contributed by atoms with van der Waals surface area (Å²) < 4.78 is 6.28. The van der Waals surface area contributed by atoms with Crippen LogP contribution in [0.5, 0.6) is 0 Å². The van der Waals surface area contributed by atoms with Crippen LogP contribution in [-0.2, 0) is 11.2 Å². The Kier molecular flexibility index (Phi) is 3.57. The van der Waals surface area contributed by atoms with Crippen molar-refractivity contribution in [3.63, 3.8) is 0 Å². The van der Waals surface area contributed by atoms with Crippen molar-refractivity contribution in [3.8, 4) is 0 Å². The predicted octanol–water partition coefficient (Wildman–Crippen LogP) is 4.12. The van der Waals surface area contributed by atoms with Gasteiger partial charge < -0.3 is 4.74 Å². The van der Waals surface area contributed by atoms with Crippen LogP contribution in [0.25, 0.3) is 0 Å². The Bertz CT molecular complexity index is 515. The number of halogens is 1. The number of nitrogens with zero attached hydrogens (tertiary/aromatic N) is 1. The van der Waals surface area contributed by atoms with Crippen LogP contribution in [-0.4, -0.2) is 17.4 Å². The molecule has 96 valence electrons. The highest BCUT2D eigenvalue weighted by Crippen LogP contribution is 2.29. The van der Waals surface area contributed by atoms with Crippen molar-refractivity contribution in [2.75, 3.05) is 0 Å². The number of hydrogen-bond donors (Lipinski definition) is 0. The average molecular weight is 310 g/mol. The van der Waals surface area contributed by atoms with Crippen molar-refractivity contribution in [1.82, 2.24) is 0 Å². The molecule has 1 aliphatic carbocycles. The molecule has 0 heterocycles. The highest BCUT2D eigenvalue weighted by Gasteiger charge is 2.22. The molecule has 2 rings (SSSR count). The number of rotatable bonds is 0. The Morgan fingerprint density at radius 2 is 2.06 bits per heavy atom. The quantitative estimate of drug-likeness (QED) is 0.723. The first kappa shape index (κ1) is 13.3. The predicted molar refractivity (Wildman–Crippen MR) is 75.2 cm³/mol. The summed E-state index contributed by atoms with van der Waals surface area (Å²) in [6.45, 7) is 5.51. The van der Waals surface area contributed by atoms with Gasteiger partial charge in [-0.3, -0.25) is 0 Å². The highest BCUT2D eigenvalue weighted by molar-refractivity contribution is 9.10. The lowest BCUT2D eigenvalue weighted by Crippen LogP contribution is -2.22. The fourth-order valence-electron chi connectivity index (χ4n) is 1.97. The summed E-state index contributed by atoms with van der Waals surface area (Å²) in [5, 5.41) is 0. The van der Waals surface area contributed by atoms with Gasteiger partial charge in [-0.05, 0) is 45.2 Å². The van der Waals surface area contributed by atoms with E-state index in [1.807, 2.05) is 39.0 Å². The van der Waals surface area contributed by atoms with Crippen LogP contribution >= 0.6 is 15.9 Å². The van der Waals surface area contributed by atoms with E-state index in [0.29, 0.717) is 0 Å². The maximum atomic E-state index is 11.7. The Labute approximate surface area is 115 Å². The summed E-state index contributed by atoms with van der Waals surface area (Å²) >= 11 is 3.52. The third-order valence-electron chi connectivity index (χ3n) is 2.66. The number of benzene rings is 1. The van der Waals surface area contributed by atoms with Crippen LogP contribution in [0.15, 0.2) is 27.7 Å². The molecule has 18 heavy (non-hydrogen) atoms. The van der Waals surface area contributed by atoms with E-state index >= 15 is 0 Å². The molecule has 3 nitrogen and oxygen atoms in total. The molecular formula is C14H16BrNO2. The lowest BCUT2D eigenvalue weighted by Gasteiger charge is -2.17. The van der Waals surface area contributed by atoms with Crippen LogP contribution in [0.4, 0.5) is 4.79 Å². The Morgan fingerprint density at radius 1 is 1.33 bits per heavy atom. The number of amides is 1. The maximum absolute atomic E-state index is 11.7. The van der Waals surface area contributed by atoms with Gasteiger partial charge in [-0.15, -0.1) is 0 Å². The minimum Gasteiger partial charge on any atom is -0.442 e. The molecule has 0 bridgehead atoms. The van der Waals surface area contributed by atoms with Gasteiger partial charge in [0.2, 0.25) is 0 Å². The Morgan fingerprint density at radius 3 is 2.72 bits per heavy atom. The maximum Gasteiger partial charge on any atom is 0.434 e. The Hall–Kier alpha value is -1.16. The zero-order valence-corrected chi connectivity index (χ0v) is 12.4. The number of aliphatic imine (C=N–C) groups is 1. The fraction of sp³-hybridized carbons (Fsp3) is 0.429. The van der Waals surface area contributed by atoms with Crippen LogP contribution < -0.4 is 0 Å². The van der Waals surface area contributed by atoms with Crippen LogP contribution in [0, 0.1) is 0 Å². The van der Waals surface area contributed by atoms with Crippen LogP contribution in [0.3, 0.4) is 0 Å². The molecule has 1 aromatic carbocycles. The van der Waals surface area contributed by atoms with E-state index in [9.17, 15) is 4.79 Å². The van der Waals surface area contributed by atoms with E-state index in [0.717, 1.165) is 28.6 Å². The standard InChI is InChI=1S/C14H16BrNO2/c1-14(2,3)18-13(17)16-12-8-7-9-10(12)5-4-6-11(9)15/h4-6H,7-8H2,1-3H3/b16-12-. The second kappa shape index (κ2) is 4.84. The van der Waals surface area contributed by atoms with Gasteiger partial charge in [-0.2, -0.15) is 4.99 Å². The van der Waals surface area contributed by atoms with Crippen molar-refractivity contribution >= 4 is 27.7 Å². The van der Waals surface area contributed by atoms with Crippen molar-refractivity contribution in [1.29, 1.82) is 0 Å². The largest absolute Gasteiger partial charge is 0.442 e. The molecule has 0 aliphatic heterocycles. The fourth-order valence-corrected chi connectivity index (χ4v) is 2.54. The second-order valence-corrected chi connectivity index (χ2v) is 6.16. The van der Waals surface area contributed by atoms with Gasteiger partial charge in [0, 0.05) is 10.0 Å². The number of hydrogen-bond acceptors (Lipinski definition) is 2. The molecule has 0 radical (unpaired) electrons. The van der Waals surface area contributed by atoms with E-state index < -0.39 is 11.7 Å². The smallest absolute Gasteiger partial charge is 0.434 e. The molecule has 1 aromatic rings. The van der Waals surface area contributed by atoms with Gasteiger partial charge in [-0.1, -0.05) is 28.1 Å². The summed E-state index contributed by atoms with van der Waals surface area (Å²) in [7, 11) is 0. The van der Waals surface area contributed by atoms with Gasteiger partial charge in [0.15, 0.2) is 0 Å². The topological polar surface area (TPSA) is 38.7 Å². The number of carbonyl (C=O) groups is 1. The van der Waals surface area contributed by atoms with E-state index in [1.165, 1.54) is 5.56 Å². The van der Waals surface area contributed by atoms with E-state index in [2.05, 4.69) is 20.9 Å². The molecule has 0 saturated carbocycles. The molecule has 0 fully saturated rings. The number of ether oxygens (including phenoxy) is 1. The van der Waals surface area contributed by atoms with E-state index in [1.54, 1.807) is 0 Å². The van der Waals surface area contributed by atoms with Gasteiger partial charge >= 0.3 is 6.09 Å². The minimum absolute atomic E-state index is 0.500. The molecule has 0 unspecified atom stereocenters. The van der Waals surface area contributed by atoms with Crippen molar-refractivity contribution in [2.45, 2.75) is 39.2 Å².